The monoisotopic (exact) mass is 230 g/mol. The molecule has 1 aromatic rings. The molecule has 1 aliphatic rings. The van der Waals surface area contributed by atoms with Crippen LogP contribution in [0.25, 0.3) is 0 Å². The predicted octanol–water partition coefficient (Wildman–Crippen LogP) is 1.66. The van der Waals surface area contributed by atoms with Crippen molar-refractivity contribution in [3.05, 3.63) is 41.6 Å². The Hall–Kier alpha value is -2.10. The van der Waals surface area contributed by atoms with E-state index in [-0.39, 0.29) is 18.1 Å². The van der Waals surface area contributed by atoms with Gasteiger partial charge in [-0.2, -0.15) is 0 Å². The lowest BCUT2D eigenvalue weighted by Crippen LogP contribution is -2.16. The second-order valence-corrected chi connectivity index (χ2v) is 4.22. The summed E-state index contributed by atoms with van der Waals surface area (Å²) in [5.41, 5.74) is 1.64. The summed E-state index contributed by atoms with van der Waals surface area (Å²) in [5.74, 6) is -0.246. The summed E-state index contributed by atoms with van der Waals surface area (Å²) in [4.78, 5) is 25.7. The van der Waals surface area contributed by atoms with E-state index in [0.29, 0.717) is 16.8 Å². The summed E-state index contributed by atoms with van der Waals surface area (Å²) < 4.78 is 0. The maximum absolute atomic E-state index is 12.0. The quantitative estimate of drug-likeness (QED) is 0.746. The average molecular weight is 230 g/mol. The fourth-order valence-corrected chi connectivity index (χ4v) is 1.80. The molecule has 0 atom stereocenters. The number of amides is 1. The highest BCUT2D eigenvalue weighted by Gasteiger charge is 2.23. The van der Waals surface area contributed by atoms with Crippen molar-refractivity contribution in [2.45, 2.75) is 6.42 Å². The summed E-state index contributed by atoms with van der Waals surface area (Å²) >= 11 is 0. The minimum Gasteiger partial charge on any atom is -0.383 e. The SMILES string of the molecule is CN(C)C=C1CC(=O)c2ccccc2NC1=O. The largest absolute Gasteiger partial charge is 0.383 e. The number of para-hydroxylation sites is 1. The van der Waals surface area contributed by atoms with E-state index in [1.807, 2.05) is 14.1 Å². The molecular formula is C13H14N2O2. The number of carbonyl (C=O) groups excluding carboxylic acids is 2. The normalized spacial score (nSPS) is 17.4. The van der Waals surface area contributed by atoms with Crippen molar-refractivity contribution in [1.29, 1.82) is 0 Å². The Balaban J connectivity index is 2.42. The number of Topliss-reactive ketones (excluding diaryl/α,β-unsaturated/α-hetero) is 1. The molecule has 1 aromatic carbocycles. The van der Waals surface area contributed by atoms with Crippen molar-refractivity contribution < 1.29 is 9.59 Å². The number of rotatable bonds is 1. The third-order valence-corrected chi connectivity index (χ3v) is 2.53. The van der Waals surface area contributed by atoms with Crippen molar-refractivity contribution in [3.8, 4) is 0 Å². The Morgan fingerprint density at radius 3 is 2.65 bits per heavy atom. The highest BCUT2D eigenvalue weighted by atomic mass is 16.2. The van der Waals surface area contributed by atoms with Crippen LogP contribution < -0.4 is 5.32 Å². The van der Waals surface area contributed by atoms with Crippen LogP contribution in [0, 0.1) is 0 Å². The van der Waals surface area contributed by atoms with Gasteiger partial charge < -0.3 is 10.2 Å². The van der Waals surface area contributed by atoms with Crippen LogP contribution in [0.15, 0.2) is 36.0 Å². The summed E-state index contributed by atoms with van der Waals surface area (Å²) in [6, 6.07) is 7.07. The maximum atomic E-state index is 12.0. The maximum Gasteiger partial charge on any atom is 0.253 e. The Morgan fingerprint density at radius 2 is 1.94 bits per heavy atom. The molecule has 4 nitrogen and oxygen atoms in total. The van der Waals surface area contributed by atoms with E-state index < -0.39 is 0 Å². The summed E-state index contributed by atoms with van der Waals surface area (Å²) in [6.45, 7) is 0. The zero-order chi connectivity index (χ0) is 12.4. The van der Waals surface area contributed by atoms with Gasteiger partial charge in [-0.1, -0.05) is 12.1 Å². The first-order chi connectivity index (χ1) is 8.08. The number of carbonyl (C=O) groups is 2. The second kappa shape index (κ2) is 4.41. The first-order valence-electron chi connectivity index (χ1n) is 5.38. The Kier molecular flexibility index (Phi) is 2.95. The minimum absolute atomic E-state index is 0.0351. The van der Waals surface area contributed by atoms with Crippen LogP contribution in [-0.2, 0) is 4.79 Å². The van der Waals surface area contributed by atoms with Crippen molar-refractivity contribution >= 4 is 17.4 Å². The van der Waals surface area contributed by atoms with E-state index in [4.69, 9.17) is 0 Å². The third-order valence-electron chi connectivity index (χ3n) is 2.53. The lowest BCUT2D eigenvalue weighted by molar-refractivity contribution is -0.113. The van der Waals surface area contributed by atoms with Gasteiger partial charge >= 0.3 is 0 Å². The number of anilines is 1. The Labute approximate surface area is 99.9 Å². The number of ketones is 1. The van der Waals surface area contributed by atoms with Crippen LogP contribution in [0.1, 0.15) is 16.8 Å². The molecular weight excluding hydrogens is 216 g/mol. The number of benzene rings is 1. The first kappa shape index (κ1) is 11.4. The van der Waals surface area contributed by atoms with Gasteiger partial charge in [0.1, 0.15) is 0 Å². The predicted molar refractivity (Wildman–Crippen MR) is 65.8 cm³/mol. The summed E-state index contributed by atoms with van der Waals surface area (Å²) in [5, 5.41) is 2.75. The number of nitrogens with zero attached hydrogens (tertiary/aromatic N) is 1. The van der Waals surface area contributed by atoms with Gasteiger partial charge in [-0.15, -0.1) is 0 Å². The van der Waals surface area contributed by atoms with E-state index in [1.54, 1.807) is 35.4 Å². The molecule has 1 heterocycles. The van der Waals surface area contributed by atoms with E-state index in [1.165, 1.54) is 0 Å². The molecule has 0 bridgehead atoms. The topological polar surface area (TPSA) is 49.4 Å². The molecule has 1 aliphatic heterocycles. The number of nitrogens with one attached hydrogen (secondary N) is 1. The zero-order valence-corrected chi connectivity index (χ0v) is 9.86. The fourth-order valence-electron chi connectivity index (χ4n) is 1.80. The molecule has 1 amide bonds. The molecule has 4 heteroatoms. The van der Waals surface area contributed by atoms with Crippen LogP contribution in [0.3, 0.4) is 0 Å². The molecule has 88 valence electrons. The van der Waals surface area contributed by atoms with Gasteiger partial charge in [0.05, 0.1) is 5.69 Å². The molecule has 0 spiro atoms. The van der Waals surface area contributed by atoms with Crippen LogP contribution in [-0.4, -0.2) is 30.7 Å². The number of hydrogen-bond acceptors (Lipinski definition) is 3. The van der Waals surface area contributed by atoms with Crippen molar-refractivity contribution in [1.82, 2.24) is 4.90 Å². The van der Waals surface area contributed by atoms with Gasteiger partial charge in [0.2, 0.25) is 0 Å². The summed E-state index contributed by atoms with van der Waals surface area (Å²) in [7, 11) is 3.64. The minimum atomic E-state index is -0.211. The van der Waals surface area contributed by atoms with Gasteiger partial charge in [-0.3, -0.25) is 9.59 Å². The number of fused-ring (bicyclic) bond motifs is 1. The fraction of sp³-hybridized carbons (Fsp3) is 0.231. The Morgan fingerprint density at radius 1 is 1.24 bits per heavy atom. The van der Waals surface area contributed by atoms with Crippen molar-refractivity contribution in [2.24, 2.45) is 0 Å². The van der Waals surface area contributed by atoms with Gasteiger partial charge in [0.15, 0.2) is 5.78 Å². The third kappa shape index (κ3) is 2.36. The van der Waals surface area contributed by atoms with E-state index >= 15 is 0 Å². The van der Waals surface area contributed by atoms with Crippen LogP contribution in [0.5, 0.6) is 0 Å². The van der Waals surface area contributed by atoms with Crippen molar-refractivity contribution in [2.75, 3.05) is 19.4 Å². The molecule has 0 saturated carbocycles. The molecule has 0 aliphatic carbocycles. The molecule has 1 N–H and O–H groups in total. The van der Waals surface area contributed by atoms with E-state index in [2.05, 4.69) is 5.32 Å². The summed E-state index contributed by atoms with van der Waals surface area (Å²) in [6.07, 6.45) is 1.82. The van der Waals surface area contributed by atoms with Gasteiger partial charge in [0, 0.05) is 37.9 Å². The van der Waals surface area contributed by atoms with Crippen LogP contribution in [0.4, 0.5) is 5.69 Å². The highest BCUT2D eigenvalue weighted by molar-refractivity contribution is 6.16. The first-order valence-corrected chi connectivity index (χ1v) is 5.38. The molecule has 17 heavy (non-hydrogen) atoms. The van der Waals surface area contributed by atoms with Gasteiger partial charge in [0.25, 0.3) is 5.91 Å². The lowest BCUT2D eigenvalue weighted by Gasteiger charge is -2.08. The molecule has 2 rings (SSSR count). The second-order valence-electron chi connectivity index (χ2n) is 4.22. The van der Waals surface area contributed by atoms with Crippen LogP contribution in [0.2, 0.25) is 0 Å². The van der Waals surface area contributed by atoms with Gasteiger partial charge in [-0.05, 0) is 12.1 Å². The van der Waals surface area contributed by atoms with Crippen LogP contribution >= 0.6 is 0 Å². The molecule has 0 unspecified atom stereocenters. The number of hydrogen-bond donors (Lipinski definition) is 1. The van der Waals surface area contributed by atoms with E-state index in [0.717, 1.165) is 0 Å². The standard InChI is InChI=1S/C13H14N2O2/c1-15(2)8-9-7-12(16)10-5-3-4-6-11(10)14-13(9)17/h3-6,8H,7H2,1-2H3,(H,14,17). The van der Waals surface area contributed by atoms with Gasteiger partial charge in [-0.25, -0.2) is 0 Å². The van der Waals surface area contributed by atoms with Crippen molar-refractivity contribution in [3.63, 3.8) is 0 Å². The zero-order valence-electron chi connectivity index (χ0n) is 9.86. The molecule has 0 radical (unpaired) electrons. The van der Waals surface area contributed by atoms with E-state index in [9.17, 15) is 9.59 Å². The average Bonchev–Trinajstić information content (AvgIpc) is 2.38. The lowest BCUT2D eigenvalue weighted by atomic mass is 10.0. The molecule has 0 fully saturated rings. The highest BCUT2D eigenvalue weighted by Crippen LogP contribution is 2.23. The molecule has 0 aromatic heterocycles. The Bertz CT molecular complexity index is 504. The molecule has 0 saturated heterocycles. The smallest absolute Gasteiger partial charge is 0.253 e.